The van der Waals surface area contributed by atoms with E-state index in [0.29, 0.717) is 29.7 Å². The molecule has 7 nitrogen and oxygen atoms in total. The lowest BCUT2D eigenvalue weighted by atomic mass is 10.3. The second-order valence-corrected chi connectivity index (χ2v) is 8.35. The maximum absolute atomic E-state index is 13.6. The molecule has 0 fully saturated rings. The molecule has 2 aromatic rings. The highest BCUT2D eigenvalue weighted by molar-refractivity contribution is 7.99. The average Bonchev–Trinajstić information content (AvgIpc) is 3.00. The van der Waals surface area contributed by atoms with Gasteiger partial charge in [-0.1, -0.05) is 30.0 Å². The number of rotatable bonds is 11. The lowest BCUT2D eigenvalue weighted by Crippen LogP contribution is -2.22. The minimum atomic E-state index is -3.21. The summed E-state index contributed by atoms with van der Waals surface area (Å²) in [6.07, 6.45) is 2.18. The number of benzene rings is 1. The fraction of sp³-hybridized carbons (Fsp3) is 0.375. The minimum Gasteiger partial charge on any atom is -0.483 e. The maximum atomic E-state index is 13.6. The Hall–Kier alpha value is -1.91. The number of aromatic nitrogens is 3. The number of thioether (sulfide) groups is 1. The van der Waals surface area contributed by atoms with E-state index >= 15 is 0 Å². The Morgan fingerprint density at radius 1 is 1.38 bits per heavy atom. The van der Waals surface area contributed by atoms with Crippen molar-refractivity contribution in [2.24, 2.45) is 0 Å². The Kier molecular flexibility index (Phi) is 7.61. The van der Waals surface area contributed by atoms with Crippen molar-refractivity contribution in [3.8, 4) is 5.75 Å². The second kappa shape index (κ2) is 9.70. The Morgan fingerprint density at radius 3 is 2.85 bits per heavy atom. The molecule has 1 aromatic carbocycles. The molecule has 0 aliphatic rings. The van der Waals surface area contributed by atoms with Crippen LogP contribution >= 0.6 is 11.8 Å². The number of allylic oxidation sites excluding steroid dienone is 1. The largest absolute Gasteiger partial charge is 0.483 e. The van der Waals surface area contributed by atoms with Crippen LogP contribution in [0.25, 0.3) is 0 Å². The first-order chi connectivity index (χ1) is 12.5. The number of ether oxygens (including phenoxy) is 1. The van der Waals surface area contributed by atoms with Gasteiger partial charge in [-0.15, -0.1) is 16.8 Å². The number of hydrogen-bond acceptors (Lipinski definition) is 6. The molecule has 1 heterocycles. The molecule has 0 unspecified atom stereocenters. The summed E-state index contributed by atoms with van der Waals surface area (Å²) in [5.74, 6) is 0.868. The minimum absolute atomic E-state index is 0.0509. The van der Waals surface area contributed by atoms with Crippen LogP contribution in [0, 0.1) is 5.82 Å². The van der Waals surface area contributed by atoms with Crippen LogP contribution < -0.4 is 9.46 Å². The highest BCUT2D eigenvalue weighted by Gasteiger charge is 2.14. The van der Waals surface area contributed by atoms with Crippen LogP contribution in [0.1, 0.15) is 12.2 Å². The summed E-state index contributed by atoms with van der Waals surface area (Å²) in [7, 11) is -1.82. The molecule has 1 N–H and O–H groups in total. The molecule has 0 atom stereocenters. The van der Waals surface area contributed by atoms with Gasteiger partial charge < -0.3 is 4.74 Å². The van der Waals surface area contributed by atoms with Gasteiger partial charge in [0.2, 0.25) is 10.0 Å². The molecule has 26 heavy (non-hydrogen) atoms. The quantitative estimate of drug-likeness (QED) is 0.354. The molecule has 0 aliphatic carbocycles. The standard InChI is InChI=1S/C16H21FN4O3S2/c1-3-9-21-15(12-24-14-8-5-4-7-13(14)17)19-20-16(21)25-10-6-11-26(22,23)18-2/h3-5,7-8,18H,1,6,9-12H2,2H3. The number of nitrogens with zero attached hydrogens (tertiary/aromatic N) is 3. The molecule has 142 valence electrons. The molecule has 0 saturated carbocycles. The predicted molar refractivity (Wildman–Crippen MR) is 99.1 cm³/mol. The molecule has 0 spiro atoms. The van der Waals surface area contributed by atoms with Gasteiger partial charge in [-0.05, 0) is 25.6 Å². The van der Waals surface area contributed by atoms with Crippen molar-refractivity contribution in [2.75, 3.05) is 18.6 Å². The molecular formula is C16H21FN4O3S2. The second-order valence-electron chi connectivity index (χ2n) is 5.24. The summed E-state index contributed by atoms with van der Waals surface area (Å²) in [6, 6.07) is 6.14. The molecule has 0 radical (unpaired) electrons. The summed E-state index contributed by atoms with van der Waals surface area (Å²) in [5, 5.41) is 8.84. The Balaban J connectivity index is 1.98. The van der Waals surface area contributed by atoms with Gasteiger partial charge in [-0.25, -0.2) is 17.5 Å². The number of sulfonamides is 1. The van der Waals surface area contributed by atoms with E-state index in [1.165, 1.54) is 24.9 Å². The fourth-order valence-electron chi connectivity index (χ4n) is 2.06. The highest BCUT2D eigenvalue weighted by atomic mass is 32.2. The Labute approximate surface area is 156 Å². The van der Waals surface area contributed by atoms with E-state index in [1.54, 1.807) is 24.3 Å². The van der Waals surface area contributed by atoms with Crippen molar-refractivity contribution in [3.05, 3.63) is 48.6 Å². The van der Waals surface area contributed by atoms with Crippen LogP contribution in [0.2, 0.25) is 0 Å². The van der Waals surface area contributed by atoms with Gasteiger partial charge >= 0.3 is 0 Å². The zero-order chi connectivity index (χ0) is 19.0. The summed E-state index contributed by atoms with van der Waals surface area (Å²) in [4.78, 5) is 0. The first-order valence-corrected chi connectivity index (χ1v) is 10.5. The van der Waals surface area contributed by atoms with Gasteiger partial charge in [0.15, 0.2) is 22.5 Å². The maximum Gasteiger partial charge on any atom is 0.211 e. The third-order valence-electron chi connectivity index (χ3n) is 3.40. The van der Waals surface area contributed by atoms with Gasteiger partial charge in [-0.3, -0.25) is 4.57 Å². The van der Waals surface area contributed by atoms with Crippen LogP contribution in [0.5, 0.6) is 5.75 Å². The van der Waals surface area contributed by atoms with Gasteiger partial charge in [0.05, 0.1) is 5.75 Å². The van der Waals surface area contributed by atoms with Crippen molar-refractivity contribution in [1.29, 1.82) is 0 Å². The van der Waals surface area contributed by atoms with Crippen LogP contribution in [0.15, 0.2) is 42.1 Å². The van der Waals surface area contributed by atoms with Crippen LogP contribution in [0.3, 0.4) is 0 Å². The van der Waals surface area contributed by atoms with Gasteiger partial charge in [0, 0.05) is 12.3 Å². The number of hydrogen-bond donors (Lipinski definition) is 1. The monoisotopic (exact) mass is 400 g/mol. The number of halogens is 1. The van der Waals surface area contributed by atoms with Crippen LogP contribution in [-0.4, -0.2) is 41.7 Å². The van der Waals surface area contributed by atoms with E-state index in [2.05, 4.69) is 21.5 Å². The van der Waals surface area contributed by atoms with Crippen LogP contribution in [-0.2, 0) is 23.2 Å². The fourth-order valence-corrected chi connectivity index (χ4v) is 3.88. The van der Waals surface area contributed by atoms with Crippen molar-refractivity contribution in [3.63, 3.8) is 0 Å². The summed E-state index contributed by atoms with van der Waals surface area (Å²) in [5.41, 5.74) is 0. The van der Waals surface area contributed by atoms with E-state index in [0.717, 1.165) is 0 Å². The van der Waals surface area contributed by atoms with Crippen molar-refractivity contribution in [1.82, 2.24) is 19.5 Å². The zero-order valence-electron chi connectivity index (χ0n) is 14.4. The first-order valence-electron chi connectivity index (χ1n) is 7.91. The summed E-state index contributed by atoms with van der Waals surface area (Å²) < 4.78 is 46.0. The zero-order valence-corrected chi connectivity index (χ0v) is 16.0. The average molecular weight is 401 g/mol. The number of para-hydroxylation sites is 1. The third kappa shape index (κ3) is 5.82. The van der Waals surface area contributed by atoms with E-state index in [9.17, 15) is 12.8 Å². The van der Waals surface area contributed by atoms with Crippen LogP contribution in [0.4, 0.5) is 4.39 Å². The van der Waals surface area contributed by atoms with Crippen molar-refractivity contribution in [2.45, 2.75) is 24.7 Å². The van der Waals surface area contributed by atoms with Gasteiger partial charge in [0.25, 0.3) is 0 Å². The highest BCUT2D eigenvalue weighted by Crippen LogP contribution is 2.21. The normalized spacial score (nSPS) is 11.5. The smallest absolute Gasteiger partial charge is 0.211 e. The molecule has 0 aliphatic heterocycles. The van der Waals surface area contributed by atoms with Crippen molar-refractivity contribution >= 4 is 21.8 Å². The molecule has 0 amide bonds. The van der Waals surface area contributed by atoms with Crippen molar-refractivity contribution < 1.29 is 17.5 Å². The summed E-state index contributed by atoms with van der Waals surface area (Å²) >= 11 is 1.40. The van der Waals surface area contributed by atoms with E-state index < -0.39 is 15.8 Å². The van der Waals surface area contributed by atoms with Gasteiger partial charge in [0.1, 0.15) is 6.61 Å². The first kappa shape index (κ1) is 20.4. The SMILES string of the molecule is C=CCn1c(COc2ccccc2F)nnc1SCCCS(=O)(=O)NC. The van der Waals surface area contributed by atoms with E-state index in [4.69, 9.17) is 4.74 Å². The van der Waals surface area contributed by atoms with Gasteiger partial charge in [-0.2, -0.15) is 0 Å². The topological polar surface area (TPSA) is 86.1 Å². The predicted octanol–water partition coefficient (Wildman–Crippen LogP) is 2.21. The van der Waals surface area contributed by atoms with E-state index in [1.807, 2.05) is 4.57 Å². The molecule has 0 bridgehead atoms. The molecule has 0 saturated heterocycles. The molecule has 1 aromatic heterocycles. The van der Waals surface area contributed by atoms with E-state index in [-0.39, 0.29) is 18.1 Å². The molecular weight excluding hydrogens is 379 g/mol. The third-order valence-corrected chi connectivity index (χ3v) is 5.90. The molecule has 2 rings (SSSR count). The lowest BCUT2D eigenvalue weighted by Gasteiger charge is -2.09. The lowest BCUT2D eigenvalue weighted by molar-refractivity contribution is 0.275. The number of nitrogens with one attached hydrogen (secondary N) is 1. The molecule has 10 heteroatoms. The summed E-state index contributed by atoms with van der Waals surface area (Å²) in [6.45, 7) is 4.25. The Bertz CT molecular complexity index is 840. The Morgan fingerprint density at radius 2 is 2.15 bits per heavy atom.